The molecule has 2 rings (SSSR count). The van der Waals surface area contributed by atoms with Crippen LogP contribution >= 0.6 is 0 Å². The molecule has 0 aliphatic rings. The highest BCUT2D eigenvalue weighted by molar-refractivity contribution is 5.99. The summed E-state index contributed by atoms with van der Waals surface area (Å²) in [6.07, 6.45) is 3.46. The van der Waals surface area contributed by atoms with Crippen LogP contribution in [0.15, 0.2) is 30.6 Å². The van der Waals surface area contributed by atoms with Crippen LogP contribution in [0.3, 0.4) is 0 Å². The number of hydrogen-bond acceptors (Lipinski definition) is 4. The Morgan fingerprint density at radius 1 is 1.37 bits per heavy atom. The molecule has 19 heavy (non-hydrogen) atoms. The standard InChI is InChI=1S/C13H15N3O3/c1-15(7-9-6-14-16(2)8-9)13(19)12-10(17)4-3-5-11(12)18/h3-6,8,17-18H,7H2,1-2H3. The largest absolute Gasteiger partial charge is 0.507 e. The zero-order valence-corrected chi connectivity index (χ0v) is 10.7. The van der Waals surface area contributed by atoms with E-state index < -0.39 is 5.91 Å². The van der Waals surface area contributed by atoms with Crippen molar-refractivity contribution in [3.63, 3.8) is 0 Å². The molecular weight excluding hydrogens is 246 g/mol. The van der Waals surface area contributed by atoms with Gasteiger partial charge in [0.05, 0.1) is 6.20 Å². The molecule has 1 aromatic carbocycles. The average molecular weight is 261 g/mol. The van der Waals surface area contributed by atoms with Gasteiger partial charge in [0, 0.05) is 32.4 Å². The van der Waals surface area contributed by atoms with E-state index in [0.717, 1.165) is 5.56 Å². The highest BCUT2D eigenvalue weighted by Gasteiger charge is 2.20. The van der Waals surface area contributed by atoms with Gasteiger partial charge in [-0.3, -0.25) is 9.48 Å². The number of phenolic OH excluding ortho intramolecular Hbond substituents is 2. The number of aromatic hydroxyl groups is 2. The molecule has 0 atom stereocenters. The van der Waals surface area contributed by atoms with E-state index in [1.165, 1.54) is 23.1 Å². The third kappa shape index (κ3) is 2.67. The van der Waals surface area contributed by atoms with Crippen LogP contribution in [0, 0.1) is 0 Å². The Bertz CT molecular complexity index is 587. The zero-order valence-electron chi connectivity index (χ0n) is 10.7. The van der Waals surface area contributed by atoms with E-state index in [1.54, 1.807) is 31.2 Å². The Labute approximate surface area is 110 Å². The predicted molar refractivity (Wildman–Crippen MR) is 68.8 cm³/mol. The lowest BCUT2D eigenvalue weighted by Crippen LogP contribution is -2.26. The van der Waals surface area contributed by atoms with Gasteiger partial charge in [-0.2, -0.15) is 5.10 Å². The van der Waals surface area contributed by atoms with Crippen LogP contribution in [0.25, 0.3) is 0 Å². The Hall–Kier alpha value is -2.50. The normalized spacial score (nSPS) is 10.4. The molecule has 0 aliphatic carbocycles. The molecule has 1 amide bonds. The van der Waals surface area contributed by atoms with Gasteiger partial charge in [-0.1, -0.05) is 6.07 Å². The van der Waals surface area contributed by atoms with Gasteiger partial charge in [-0.05, 0) is 12.1 Å². The molecule has 0 unspecified atom stereocenters. The Morgan fingerprint density at radius 2 is 2.00 bits per heavy atom. The molecule has 0 spiro atoms. The molecule has 2 N–H and O–H groups in total. The van der Waals surface area contributed by atoms with Crippen molar-refractivity contribution in [3.05, 3.63) is 41.7 Å². The van der Waals surface area contributed by atoms with Crippen molar-refractivity contribution >= 4 is 5.91 Å². The number of aryl methyl sites for hydroxylation is 1. The second kappa shape index (κ2) is 5.01. The number of amides is 1. The van der Waals surface area contributed by atoms with Crippen LogP contribution in [0.4, 0.5) is 0 Å². The Morgan fingerprint density at radius 3 is 2.53 bits per heavy atom. The molecule has 0 radical (unpaired) electrons. The van der Waals surface area contributed by atoms with E-state index >= 15 is 0 Å². The summed E-state index contributed by atoms with van der Waals surface area (Å²) in [4.78, 5) is 13.6. The van der Waals surface area contributed by atoms with E-state index in [1.807, 2.05) is 0 Å². The van der Waals surface area contributed by atoms with Crippen LogP contribution in [-0.4, -0.2) is 37.8 Å². The minimum absolute atomic E-state index is 0.0890. The smallest absolute Gasteiger partial charge is 0.261 e. The summed E-state index contributed by atoms with van der Waals surface area (Å²) in [6, 6.07) is 4.21. The summed E-state index contributed by atoms with van der Waals surface area (Å²) in [7, 11) is 3.39. The Balaban J connectivity index is 2.19. The first kappa shape index (κ1) is 12.9. The van der Waals surface area contributed by atoms with Crippen LogP contribution < -0.4 is 0 Å². The van der Waals surface area contributed by atoms with Gasteiger partial charge in [0.1, 0.15) is 17.1 Å². The molecule has 0 aliphatic heterocycles. The number of nitrogens with zero attached hydrogens (tertiary/aromatic N) is 3. The highest BCUT2D eigenvalue weighted by Crippen LogP contribution is 2.27. The molecule has 6 heteroatoms. The summed E-state index contributed by atoms with van der Waals surface area (Å²) >= 11 is 0. The maximum Gasteiger partial charge on any atom is 0.261 e. The van der Waals surface area contributed by atoms with E-state index in [-0.39, 0.29) is 17.1 Å². The number of hydrogen-bond donors (Lipinski definition) is 2. The highest BCUT2D eigenvalue weighted by atomic mass is 16.3. The third-order valence-electron chi connectivity index (χ3n) is 2.76. The summed E-state index contributed by atoms with van der Waals surface area (Å²) < 4.78 is 1.64. The number of aromatic nitrogens is 2. The maximum atomic E-state index is 12.2. The van der Waals surface area contributed by atoms with Gasteiger partial charge < -0.3 is 15.1 Å². The molecule has 0 bridgehead atoms. The molecule has 1 heterocycles. The van der Waals surface area contributed by atoms with Crippen LogP contribution in [0.5, 0.6) is 11.5 Å². The van der Waals surface area contributed by atoms with Crippen molar-refractivity contribution in [2.45, 2.75) is 6.54 Å². The first-order valence-corrected chi connectivity index (χ1v) is 5.73. The quantitative estimate of drug-likeness (QED) is 0.867. The van der Waals surface area contributed by atoms with Crippen LogP contribution in [0.2, 0.25) is 0 Å². The lowest BCUT2D eigenvalue weighted by atomic mass is 10.1. The predicted octanol–water partition coefficient (Wildman–Crippen LogP) is 1.10. The van der Waals surface area contributed by atoms with Crippen molar-refractivity contribution in [2.75, 3.05) is 7.05 Å². The first-order chi connectivity index (χ1) is 8.99. The molecular formula is C13H15N3O3. The molecule has 1 aromatic heterocycles. The van der Waals surface area contributed by atoms with Crippen molar-refractivity contribution in [1.82, 2.24) is 14.7 Å². The fraction of sp³-hybridized carbons (Fsp3) is 0.231. The minimum atomic E-state index is -0.445. The van der Waals surface area contributed by atoms with Gasteiger partial charge in [0.25, 0.3) is 5.91 Å². The third-order valence-corrected chi connectivity index (χ3v) is 2.76. The minimum Gasteiger partial charge on any atom is -0.507 e. The monoisotopic (exact) mass is 261 g/mol. The first-order valence-electron chi connectivity index (χ1n) is 5.73. The lowest BCUT2D eigenvalue weighted by Gasteiger charge is -2.17. The second-order valence-electron chi connectivity index (χ2n) is 4.35. The van der Waals surface area contributed by atoms with Crippen molar-refractivity contribution in [1.29, 1.82) is 0 Å². The number of carbonyl (C=O) groups excluding carboxylic acids is 1. The zero-order chi connectivity index (χ0) is 14.0. The van der Waals surface area contributed by atoms with E-state index in [0.29, 0.717) is 6.54 Å². The molecule has 0 saturated heterocycles. The van der Waals surface area contributed by atoms with Gasteiger partial charge >= 0.3 is 0 Å². The van der Waals surface area contributed by atoms with E-state index in [4.69, 9.17) is 0 Å². The topological polar surface area (TPSA) is 78.6 Å². The fourth-order valence-electron chi connectivity index (χ4n) is 1.84. The van der Waals surface area contributed by atoms with Gasteiger partial charge in [-0.15, -0.1) is 0 Å². The summed E-state index contributed by atoms with van der Waals surface area (Å²) in [5.74, 6) is -0.912. The molecule has 2 aromatic rings. The van der Waals surface area contributed by atoms with Crippen molar-refractivity contribution in [3.8, 4) is 11.5 Å². The number of phenols is 2. The molecule has 0 saturated carbocycles. The second-order valence-corrected chi connectivity index (χ2v) is 4.35. The van der Waals surface area contributed by atoms with Crippen LogP contribution in [0.1, 0.15) is 15.9 Å². The summed E-state index contributed by atoms with van der Waals surface area (Å²) in [5.41, 5.74) is 0.780. The van der Waals surface area contributed by atoms with Gasteiger partial charge in [-0.25, -0.2) is 0 Å². The summed E-state index contributed by atoms with van der Waals surface area (Å²) in [5, 5.41) is 23.3. The Kier molecular flexibility index (Phi) is 3.41. The van der Waals surface area contributed by atoms with Crippen LogP contribution in [-0.2, 0) is 13.6 Å². The fourth-order valence-corrected chi connectivity index (χ4v) is 1.84. The van der Waals surface area contributed by atoms with E-state index in [2.05, 4.69) is 5.10 Å². The number of carbonyl (C=O) groups is 1. The van der Waals surface area contributed by atoms with Gasteiger partial charge in [0.15, 0.2) is 0 Å². The van der Waals surface area contributed by atoms with Gasteiger partial charge in [0.2, 0.25) is 0 Å². The van der Waals surface area contributed by atoms with Crippen molar-refractivity contribution in [2.24, 2.45) is 7.05 Å². The van der Waals surface area contributed by atoms with Crippen molar-refractivity contribution < 1.29 is 15.0 Å². The number of benzene rings is 1. The lowest BCUT2D eigenvalue weighted by molar-refractivity contribution is 0.0779. The summed E-state index contributed by atoms with van der Waals surface area (Å²) in [6.45, 7) is 0.348. The average Bonchev–Trinajstić information content (AvgIpc) is 2.74. The van der Waals surface area contributed by atoms with E-state index in [9.17, 15) is 15.0 Å². The maximum absolute atomic E-state index is 12.2. The SMILES string of the molecule is CN(Cc1cnn(C)c1)C(=O)c1c(O)cccc1O. The molecule has 6 nitrogen and oxygen atoms in total. The molecule has 100 valence electrons. The molecule has 0 fully saturated rings. The number of rotatable bonds is 3.